The number of carboxylic acids is 1. The number of aromatic carboxylic acids is 1. The summed E-state index contributed by atoms with van der Waals surface area (Å²) < 4.78 is 2.18. The average Bonchev–Trinajstić information content (AvgIpc) is 3.31. The van der Waals surface area contributed by atoms with Gasteiger partial charge in [0, 0.05) is 54.9 Å². The molecule has 1 aliphatic rings. The van der Waals surface area contributed by atoms with Gasteiger partial charge in [0.25, 0.3) is 5.56 Å². The molecule has 4 rings (SSSR count). The van der Waals surface area contributed by atoms with Crippen LogP contribution >= 0.6 is 24.8 Å². The van der Waals surface area contributed by atoms with Crippen molar-refractivity contribution in [3.63, 3.8) is 0 Å². The van der Waals surface area contributed by atoms with E-state index in [1.807, 2.05) is 32.2 Å². The van der Waals surface area contributed by atoms with Gasteiger partial charge in [0.15, 0.2) is 5.56 Å². The van der Waals surface area contributed by atoms with E-state index in [2.05, 4.69) is 32.9 Å². The fourth-order valence-electron chi connectivity index (χ4n) is 4.57. The van der Waals surface area contributed by atoms with Crippen molar-refractivity contribution in [3.8, 4) is 17.0 Å². The van der Waals surface area contributed by atoms with Crippen LogP contribution in [0.15, 0.2) is 29.1 Å². The van der Waals surface area contributed by atoms with Crippen LogP contribution < -0.4 is 10.9 Å². The number of likely N-dealkylation sites (tertiary alicyclic amines) is 1. The van der Waals surface area contributed by atoms with E-state index in [9.17, 15) is 19.8 Å². The zero-order valence-electron chi connectivity index (χ0n) is 18.8. The number of aryl methyl sites for hydroxylation is 1. The van der Waals surface area contributed by atoms with Crippen LogP contribution in [0.3, 0.4) is 0 Å². The molecule has 0 saturated carbocycles. The fourth-order valence-corrected chi connectivity index (χ4v) is 4.57. The maximum Gasteiger partial charge on any atom is 0.345 e. The summed E-state index contributed by atoms with van der Waals surface area (Å²) in [5, 5.41) is 24.1. The molecule has 3 aromatic rings. The van der Waals surface area contributed by atoms with Crippen molar-refractivity contribution in [1.82, 2.24) is 19.8 Å². The molecule has 0 aliphatic carbocycles. The van der Waals surface area contributed by atoms with E-state index in [-0.39, 0.29) is 24.8 Å². The van der Waals surface area contributed by atoms with Gasteiger partial charge in [0.05, 0.1) is 5.69 Å². The van der Waals surface area contributed by atoms with Gasteiger partial charge in [-0.2, -0.15) is 0 Å². The Morgan fingerprint density at radius 2 is 2.00 bits per heavy atom. The molecule has 2 aromatic heterocycles. The molecule has 180 valence electrons. The maximum atomic E-state index is 12.3. The number of hydrogen-bond donors (Lipinski definition) is 4. The maximum absolute atomic E-state index is 12.3. The molecule has 0 amide bonds. The zero-order chi connectivity index (χ0) is 22.3. The lowest BCUT2D eigenvalue weighted by atomic mass is 9.99. The van der Waals surface area contributed by atoms with Crippen LogP contribution in [0.1, 0.15) is 35.0 Å². The summed E-state index contributed by atoms with van der Waals surface area (Å²) in [4.78, 5) is 28.8. The number of aromatic nitrogens is 2. The molecular weight excluding hydrogens is 467 g/mol. The van der Waals surface area contributed by atoms with Crippen LogP contribution in [0.5, 0.6) is 5.75 Å². The highest BCUT2D eigenvalue weighted by molar-refractivity contribution is 5.92. The van der Waals surface area contributed by atoms with Crippen molar-refractivity contribution in [2.75, 3.05) is 20.1 Å². The molecule has 8 nitrogen and oxygen atoms in total. The van der Waals surface area contributed by atoms with Crippen molar-refractivity contribution in [2.24, 2.45) is 7.05 Å². The molecule has 1 aliphatic heterocycles. The second kappa shape index (κ2) is 10.6. The normalized spacial score (nSPS) is 15.9. The number of aromatic hydroxyl groups is 1. The third-order valence-corrected chi connectivity index (χ3v) is 6.35. The topological polar surface area (TPSA) is 111 Å². The Morgan fingerprint density at radius 1 is 1.27 bits per heavy atom. The van der Waals surface area contributed by atoms with Crippen LogP contribution in [-0.4, -0.2) is 56.8 Å². The Morgan fingerprint density at radius 3 is 2.61 bits per heavy atom. The summed E-state index contributed by atoms with van der Waals surface area (Å²) in [6.07, 6.45) is 1.53. The van der Waals surface area contributed by atoms with Crippen LogP contribution in [0.25, 0.3) is 22.2 Å². The third-order valence-electron chi connectivity index (χ3n) is 6.35. The first-order valence-electron chi connectivity index (χ1n) is 10.5. The SMILES string of the molecule is CCc1c(-c2ccc3c(c2)cc(CN2CCC(NC)C2)n3C)[nH]c(=O)c(C(=O)O)c1O.Cl.Cl. The summed E-state index contributed by atoms with van der Waals surface area (Å²) >= 11 is 0. The van der Waals surface area contributed by atoms with E-state index in [0.29, 0.717) is 23.7 Å². The monoisotopic (exact) mass is 496 g/mol. The van der Waals surface area contributed by atoms with Gasteiger partial charge in [-0.15, -0.1) is 24.8 Å². The van der Waals surface area contributed by atoms with Crippen molar-refractivity contribution in [2.45, 2.75) is 32.4 Å². The number of H-pyrrole nitrogens is 1. The highest BCUT2D eigenvalue weighted by atomic mass is 35.5. The van der Waals surface area contributed by atoms with Gasteiger partial charge in [0.2, 0.25) is 0 Å². The van der Waals surface area contributed by atoms with Crippen molar-refractivity contribution < 1.29 is 15.0 Å². The minimum Gasteiger partial charge on any atom is -0.506 e. The molecule has 4 N–H and O–H groups in total. The second-order valence-electron chi connectivity index (χ2n) is 8.17. The molecule has 0 bridgehead atoms. The number of aromatic amines is 1. The predicted octanol–water partition coefficient (Wildman–Crippen LogP) is 3.14. The van der Waals surface area contributed by atoms with Crippen LogP contribution in [0, 0.1) is 0 Å². The van der Waals surface area contributed by atoms with E-state index < -0.39 is 22.8 Å². The number of carbonyl (C=O) groups is 1. The van der Waals surface area contributed by atoms with Crippen LogP contribution in [0.4, 0.5) is 0 Å². The van der Waals surface area contributed by atoms with Gasteiger partial charge >= 0.3 is 5.97 Å². The number of nitrogens with one attached hydrogen (secondary N) is 2. The van der Waals surface area contributed by atoms with E-state index in [0.717, 1.165) is 42.5 Å². The molecule has 1 unspecified atom stereocenters. The Labute approximate surface area is 204 Å². The fraction of sp³-hybridized carbons (Fsp3) is 0.391. The largest absolute Gasteiger partial charge is 0.506 e. The molecule has 1 fully saturated rings. The smallest absolute Gasteiger partial charge is 0.345 e. The van der Waals surface area contributed by atoms with Crippen molar-refractivity contribution >= 4 is 41.7 Å². The molecule has 1 saturated heterocycles. The quantitative estimate of drug-likeness (QED) is 0.417. The number of rotatable bonds is 6. The lowest BCUT2D eigenvalue weighted by Crippen LogP contribution is -2.29. The van der Waals surface area contributed by atoms with E-state index in [1.165, 1.54) is 5.69 Å². The Balaban J connectivity index is 0.00000193. The van der Waals surface area contributed by atoms with Gasteiger partial charge in [-0.1, -0.05) is 13.0 Å². The second-order valence-corrected chi connectivity index (χ2v) is 8.17. The Kier molecular flexibility index (Phi) is 8.59. The number of pyridine rings is 1. The van der Waals surface area contributed by atoms with E-state index in [4.69, 9.17) is 0 Å². The van der Waals surface area contributed by atoms with Crippen LogP contribution in [0.2, 0.25) is 0 Å². The summed E-state index contributed by atoms with van der Waals surface area (Å²) in [6, 6.07) is 8.55. The minimum absolute atomic E-state index is 0. The highest BCUT2D eigenvalue weighted by Crippen LogP contribution is 2.32. The summed E-state index contributed by atoms with van der Waals surface area (Å²) in [7, 11) is 4.05. The van der Waals surface area contributed by atoms with Gasteiger partial charge in [-0.3, -0.25) is 9.69 Å². The number of likely N-dealkylation sites (N-methyl/N-ethyl adjacent to an activating group) is 1. The molecule has 3 heterocycles. The number of benzene rings is 1. The summed E-state index contributed by atoms with van der Waals surface area (Å²) in [5.41, 5.74) is 2.48. The number of halogens is 2. The average molecular weight is 497 g/mol. The number of carboxylic acid groups (broad SMARTS) is 1. The molecule has 10 heteroatoms. The molecule has 0 spiro atoms. The summed E-state index contributed by atoms with van der Waals surface area (Å²) in [6.45, 7) is 4.77. The van der Waals surface area contributed by atoms with E-state index >= 15 is 0 Å². The highest BCUT2D eigenvalue weighted by Gasteiger charge is 2.23. The van der Waals surface area contributed by atoms with E-state index in [1.54, 1.807) is 0 Å². The standard InChI is InChI=1S/C23H28N4O4.2ClH/c1-4-17-20(25-22(29)19(21(17)28)23(30)31)13-5-6-18-14(9-13)10-16(26(18)3)12-27-8-7-15(11-27)24-2;;/h5-6,9-10,15,24H,4,7-8,11-12H2,1-3H3,(H,30,31)(H2,25,28,29);2*1H. The van der Waals surface area contributed by atoms with Gasteiger partial charge in [0.1, 0.15) is 5.75 Å². The van der Waals surface area contributed by atoms with Gasteiger partial charge in [-0.05, 0) is 43.7 Å². The van der Waals surface area contributed by atoms with Crippen LogP contribution in [-0.2, 0) is 20.0 Å². The molecule has 1 atom stereocenters. The Bertz CT molecular complexity index is 1220. The van der Waals surface area contributed by atoms with Gasteiger partial charge < -0.3 is 25.1 Å². The van der Waals surface area contributed by atoms with Crippen molar-refractivity contribution in [1.29, 1.82) is 0 Å². The zero-order valence-corrected chi connectivity index (χ0v) is 20.5. The van der Waals surface area contributed by atoms with Gasteiger partial charge in [-0.25, -0.2) is 4.79 Å². The first kappa shape index (κ1) is 26.7. The lowest BCUT2D eigenvalue weighted by molar-refractivity contribution is 0.0691. The number of nitrogens with zero attached hydrogens (tertiary/aromatic N) is 2. The molecular formula is C23H30Cl2N4O4. The number of hydrogen-bond acceptors (Lipinski definition) is 5. The lowest BCUT2D eigenvalue weighted by Gasteiger charge is -2.16. The summed E-state index contributed by atoms with van der Waals surface area (Å²) in [5.74, 6) is -1.90. The minimum atomic E-state index is -1.44. The third kappa shape index (κ3) is 4.89. The molecule has 33 heavy (non-hydrogen) atoms. The molecule has 1 aromatic carbocycles. The Hall–Kier alpha value is -2.52. The molecule has 0 radical (unpaired) electrons. The first-order valence-corrected chi connectivity index (χ1v) is 10.5. The predicted molar refractivity (Wildman–Crippen MR) is 134 cm³/mol. The van der Waals surface area contributed by atoms with Crippen molar-refractivity contribution in [3.05, 3.63) is 51.4 Å². The number of fused-ring (bicyclic) bond motifs is 1. The first-order chi connectivity index (χ1) is 14.8.